The molecule has 5 rings (SSSR count). The molecule has 1 saturated carbocycles. The number of nitrogens with zero attached hydrogens (tertiary/aromatic N) is 1. The number of benzene rings is 2. The predicted molar refractivity (Wildman–Crippen MR) is 117 cm³/mol. The summed E-state index contributed by atoms with van der Waals surface area (Å²) in [6.45, 7) is 2.18. The highest BCUT2D eigenvalue weighted by atomic mass is 16.5. The molecule has 0 bridgehead atoms. The fourth-order valence-corrected chi connectivity index (χ4v) is 3.71. The molecule has 2 aliphatic rings. The second-order valence-electron chi connectivity index (χ2n) is 7.59. The number of furan rings is 1. The Labute approximate surface area is 179 Å². The number of methoxy groups -OCH3 is 2. The van der Waals surface area contributed by atoms with Crippen molar-refractivity contribution in [2.75, 3.05) is 26.2 Å². The van der Waals surface area contributed by atoms with Gasteiger partial charge in [-0.05, 0) is 38.0 Å². The number of hydrogen-bond donors (Lipinski definition) is 2. The van der Waals surface area contributed by atoms with Crippen LogP contribution in [0.3, 0.4) is 0 Å². The third-order valence-electron chi connectivity index (χ3n) is 5.44. The van der Waals surface area contributed by atoms with E-state index in [1.807, 2.05) is 24.3 Å². The number of aliphatic imine (C=N–C) groups is 1. The van der Waals surface area contributed by atoms with Crippen LogP contribution in [0.15, 0.2) is 39.7 Å². The first-order valence-corrected chi connectivity index (χ1v) is 10.1. The Morgan fingerprint density at radius 2 is 1.94 bits per heavy atom. The molecular formula is C23H23N3O5. The van der Waals surface area contributed by atoms with E-state index in [2.05, 4.69) is 15.6 Å². The van der Waals surface area contributed by atoms with Gasteiger partial charge in [0.25, 0.3) is 5.91 Å². The van der Waals surface area contributed by atoms with Crippen LogP contribution in [-0.4, -0.2) is 38.7 Å². The average Bonchev–Trinajstić information content (AvgIpc) is 3.52. The number of nitrogens with one attached hydrogen (secondary N) is 2. The lowest BCUT2D eigenvalue weighted by atomic mass is 10.1. The van der Waals surface area contributed by atoms with Crippen molar-refractivity contribution in [3.63, 3.8) is 0 Å². The number of carbonyl (C=O) groups is 1. The first-order chi connectivity index (χ1) is 15.1. The standard InChI is InChI=1S/C23H23N3O5/c1-12-21(22(27)26-13-4-5-13)15-7-6-14(8-18(15)30-12)31-23-16-9-19(28-2)20(29-3)10-17(16)24-11-25-23/h6-10,13,24H,4-5,11H2,1-3H3,(H,26,27). The van der Waals surface area contributed by atoms with Crippen LogP contribution >= 0.6 is 0 Å². The van der Waals surface area contributed by atoms with Crippen molar-refractivity contribution < 1.29 is 23.4 Å². The summed E-state index contributed by atoms with van der Waals surface area (Å²) in [4.78, 5) is 17.1. The predicted octanol–water partition coefficient (Wildman–Crippen LogP) is 3.86. The Kier molecular flexibility index (Phi) is 4.69. The Hall–Kier alpha value is -3.68. The van der Waals surface area contributed by atoms with Gasteiger partial charge in [-0.2, -0.15) is 0 Å². The second kappa shape index (κ2) is 7.54. The maximum absolute atomic E-state index is 12.6. The van der Waals surface area contributed by atoms with Gasteiger partial charge in [-0.25, -0.2) is 4.99 Å². The van der Waals surface area contributed by atoms with Crippen molar-refractivity contribution in [3.8, 4) is 17.2 Å². The van der Waals surface area contributed by atoms with Crippen LogP contribution in [0.4, 0.5) is 5.69 Å². The largest absolute Gasteiger partial charge is 0.493 e. The smallest absolute Gasteiger partial charge is 0.255 e. The topological polar surface area (TPSA) is 94.3 Å². The highest BCUT2D eigenvalue weighted by molar-refractivity contribution is 6.08. The number of hydrogen-bond acceptors (Lipinski definition) is 7. The van der Waals surface area contributed by atoms with Crippen LogP contribution < -0.4 is 24.8 Å². The molecule has 31 heavy (non-hydrogen) atoms. The third kappa shape index (κ3) is 3.54. The number of fused-ring (bicyclic) bond motifs is 2. The van der Waals surface area contributed by atoms with Crippen LogP contribution in [0.2, 0.25) is 0 Å². The molecule has 0 radical (unpaired) electrons. The van der Waals surface area contributed by atoms with Gasteiger partial charge in [0.1, 0.15) is 23.8 Å². The van der Waals surface area contributed by atoms with Gasteiger partial charge < -0.3 is 29.3 Å². The number of carbonyl (C=O) groups excluding carboxylic acids is 1. The van der Waals surface area contributed by atoms with Crippen molar-refractivity contribution in [3.05, 3.63) is 47.2 Å². The molecule has 1 amide bonds. The summed E-state index contributed by atoms with van der Waals surface area (Å²) in [5.74, 6) is 2.74. The lowest BCUT2D eigenvalue weighted by molar-refractivity contribution is 0.0951. The van der Waals surface area contributed by atoms with Crippen LogP contribution in [0.25, 0.3) is 11.0 Å². The van der Waals surface area contributed by atoms with Crippen LogP contribution in [0.5, 0.6) is 17.2 Å². The van der Waals surface area contributed by atoms with Gasteiger partial charge in [0.2, 0.25) is 5.90 Å². The van der Waals surface area contributed by atoms with E-state index in [9.17, 15) is 4.79 Å². The van der Waals surface area contributed by atoms with E-state index in [4.69, 9.17) is 18.6 Å². The molecule has 1 aliphatic carbocycles. The summed E-state index contributed by atoms with van der Waals surface area (Å²) in [7, 11) is 3.18. The van der Waals surface area contributed by atoms with E-state index < -0.39 is 0 Å². The van der Waals surface area contributed by atoms with Gasteiger partial charge in [-0.3, -0.25) is 4.79 Å². The van der Waals surface area contributed by atoms with Crippen molar-refractivity contribution in [1.29, 1.82) is 0 Å². The Morgan fingerprint density at radius 3 is 2.68 bits per heavy atom. The first kappa shape index (κ1) is 19.3. The molecule has 0 unspecified atom stereocenters. The second-order valence-corrected chi connectivity index (χ2v) is 7.59. The molecule has 2 aromatic carbocycles. The molecule has 0 atom stereocenters. The third-order valence-corrected chi connectivity index (χ3v) is 5.44. The summed E-state index contributed by atoms with van der Waals surface area (Å²) in [5, 5.41) is 7.00. The van der Waals surface area contributed by atoms with Crippen LogP contribution in [0.1, 0.15) is 34.5 Å². The van der Waals surface area contributed by atoms with E-state index in [0.717, 1.165) is 29.5 Å². The minimum absolute atomic E-state index is 0.0925. The Bertz CT molecular complexity index is 1210. The Balaban J connectivity index is 1.45. The minimum Gasteiger partial charge on any atom is -0.493 e. The summed E-state index contributed by atoms with van der Waals surface area (Å²) >= 11 is 0. The van der Waals surface area contributed by atoms with Crippen molar-refractivity contribution in [1.82, 2.24) is 5.32 Å². The molecule has 1 aromatic heterocycles. The molecule has 1 fully saturated rings. The summed E-state index contributed by atoms with van der Waals surface area (Å²) in [6.07, 6.45) is 2.07. The maximum atomic E-state index is 12.6. The lowest BCUT2D eigenvalue weighted by Crippen LogP contribution is -2.25. The zero-order valence-corrected chi connectivity index (χ0v) is 17.6. The zero-order valence-electron chi connectivity index (χ0n) is 17.6. The number of anilines is 1. The minimum atomic E-state index is -0.0925. The molecule has 3 aromatic rings. The molecule has 8 nitrogen and oxygen atoms in total. The van der Waals surface area contributed by atoms with Gasteiger partial charge >= 0.3 is 0 Å². The van der Waals surface area contributed by atoms with Gasteiger partial charge in [-0.1, -0.05) is 0 Å². The van der Waals surface area contributed by atoms with Gasteiger partial charge in [0, 0.05) is 23.6 Å². The molecule has 2 N–H and O–H groups in total. The number of amides is 1. The van der Waals surface area contributed by atoms with E-state index in [-0.39, 0.29) is 11.9 Å². The zero-order chi connectivity index (χ0) is 21.5. The molecule has 0 saturated heterocycles. The fraction of sp³-hybridized carbons (Fsp3) is 0.304. The highest BCUT2D eigenvalue weighted by Gasteiger charge is 2.27. The van der Waals surface area contributed by atoms with Gasteiger partial charge in [0.05, 0.1) is 31.0 Å². The van der Waals surface area contributed by atoms with Crippen LogP contribution in [0, 0.1) is 6.92 Å². The molecule has 1 aliphatic heterocycles. The van der Waals surface area contributed by atoms with E-state index in [1.165, 1.54) is 0 Å². The molecule has 0 spiro atoms. The molecule has 2 heterocycles. The fourth-order valence-electron chi connectivity index (χ4n) is 3.71. The SMILES string of the molecule is COc1cc2c(cc1OC)C(Oc1ccc3c(C(=O)NC4CC4)c(C)oc3c1)=NCN2. The lowest BCUT2D eigenvalue weighted by Gasteiger charge is -2.20. The number of rotatable bonds is 5. The van der Waals surface area contributed by atoms with Crippen molar-refractivity contribution >= 4 is 28.5 Å². The summed E-state index contributed by atoms with van der Waals surface area (Å²) < 4.78 is 22.7. The number of aryl methyl sites for hydroxylation is 1. The first-order valence-electron chi connectivity index (χ1n) is 10.1. The van der Waals surface area contributed by atoms with Crippen LogP contribution in [-0.2, 0) is 0 Å². The van der Waals surface area contributed by atoms with Gasteiger partial charge in [-0.15, -0.1) is 0 Å². The van der Waals surface area contributed by atoms with Crippen molar-refractivity contribution in [2.24, 2.45) is 4.99 Å². The maximum Gasteiger partial charge on any atom is 0.255 e. The average molecular weight is 421 g/mol. The highest BCUT2D eigenvalue weighted by Crippen LogP contribution is 2.36. The van der Waals surface area contributed by atoms with Crippen molar-refractivity contribution in [2.45, 2.75) is 25.8 Å². The monoisotopic (exact) mass is 421 g/mol. The quantitative estimate of drug-likeness (QED) is 0.650. The van der Waals surface area contributed by atoms with E-state index in [0.29, 0.717) is 46.7 Å². The molecule has 160 valence electrons. The van der Waals surface area contributed by atoms with E-state index >= 15 is 0 Å². The molecular weight excluding hydrogens is 398 g/mol. The summed E-state index contributed by atoms with van der Waals surface area (Å²) in [6, 6.07) is 9.41. The summed E-state index contributed by atoms with van der Waals surface area (Å²) in [5.41, 5.74) is 2.79. The van der Waals surface area contributed by atoms with E-state index in [1.54, 1.807) is 27.2 Å². The normalized spacial score (nSPS) is 15.0. The molecule has 8 heteroatoms. The number of ether oxygens (including phenoxy) is 3. The Morgan fingerprint density at radius 1 is 1.16 bits per heavy atom. The van der Waals surface area contributed by atoms with Gasteiger partial charge in [0.15, 0.2) is 11.5 Å².